The Hall–Kier alpha value is -1.36. The van der Waals surface area contributed by atoms with Gasteiger partial charge in [-0.25, -0.2) is 0 Å². The zero-order valence-electron chi connectivity index (χ0n) is 12.7. The third-order valence-corrected chi connectivity index (χ3v) is 4.40. The molecule has 6 heteroatoms. The van der Waals surface area contributed by atoms with Gasteiger partial charge in [0.1, 0.15) is 17.3 Å². The average molecular weight is 308 g/mol. The van der Waals surface area contributed by atoms with E-state index >= 15 is 0 Å². The van der Waals surface area contributed by atoms with Gasteiger partial charge in [-0.1, -0.05) is 38.3 Å². The lowest BCUT2D eigenvalue weighted by molar-refractivity contribution is 0.521. The van der Waals surface area contributed by atoms with Crippen molar-refractivity contribution in [2.75, 3.05) is 11.4 Å². The van der Waals surface area contributed by atoms with Gasteiger partial charge in [-0.05, 0) is 25.2 Å². The Kier molecular flexibility index (Phi) is 4.29. The Morgan fingerprint density at radius 1 is 1.38 bits per heavy atom. The summed E-state index contributed by atoms with van der Waals surface area (Å²) >= 11 is 6.18. The van der Waals surface area contributed by atoms with Crippen molar-refractivity contribution in [1.82, 2.24) is 19.6 Å². The van der Waals surface area contributed by atoms with Crippen LogP contribution in [0.2, 0.25) is 5.15 Å². The zero-order valence-corrected chi connectivity index (χ0v) is 13.4. The van der Waals surface area contributed by atoms with Crippen LogP contribution in [-0.2, 0) is 0 Å². The summed E-state index contributed by atoms with van der Waals surface area (Å²) in [5.74, 6) is 2.28. The predicted octanol–water partition coefficient (Wildman–Crippen LogP) is 3.57. The Bertz CT molecular complexity index is 603. The minimum Gasteiger partial charge on any atom is -0.353 e. The van der Waals surface area contributed by atoms with Gasteiger partial charge in [0, 0.05) is 18.7 Å². The van der Waals surface area contributed by atoms with Crippen LogP contribution in [0.15, 0.2) is 12.4 Å². The first-order chi connectivity index (χ1) is 10.1. The SMILES string of the molecule is CC(C)CCN(c1cc(Cl)nc2ncnn12)C1CCCC1. The van der Waals surface area contributed by atoms with Gasteiger partial charge < -0.3 is 4.90 Å². The Labute approximate surface area is 130 Å². The van der Waals surface area contributed by atoms with Crippen molar-refractivity contribution in [2.45, 2.75) is 52.0 Å². The molecule has 2 heterocycles. The molecule has 1 aliphatic rings. The summed E-state index contributed by atoms with van der Waals surface area (Å²) in [5.41, 5.74) is 0. The summed E-state index contributed by atoms with van der Waals surface area (Å²) in [5, 5.41) is 4.81. The highest BCUT2D eigenvalue weighted by atomic mass is 35.5. The first-order valence-corrected chi connectivity index (χ1v) is 8.16. The molecule has 0 spiro atoms. The fourth-order valence-corrected chi connectivity index (χ4v) is 3.24. The molecule has 21 heavy (non-hydrogen) atoms. The molecule has 2 aromatic heterocycles. The van der Waals surface area contributed by atoms with E-state index in [4.69, 9.17) is 11.6 Å². The third-order valence-electron chi connectivity index (χ3n) is 4.21. The molecule has 1 aliphatic carbocycles. The number of anilines is 1. The molecule has 0 unspecified atom stereocenters. The minimum absolute atomic E-state index is 0.484. The number of hydrogen-bond acceptors (Lipinski definition) is 4. The number of rotatable bonds is 5. The quantitative estimate of drug-likeness (QED) is 0.792. The van der Waals surface area contributed by atoms with Crippen molar-refractivity contribution in [1.29, 1.82) is 0 Å². The molecule has 0 N–H and O–H groups in total. The van der Waals surface area contributed by atoms with Gasteiger partial charge in [-0.2, -0.15) is 19.6 Å². The highest BCUT2D eigenvalue weighted by molar-refractivity contribution is 6.29. The molecule has 5 nitrogen and oxygen atoms in total. The number of halogens is 1. The molecule has 0 radical (unpaired) electrons. The second-order valence-electron chi connectivity index (χ2n) is 6.22. The Morgan fingerprint density at radius 2 is 2.14 bits per heavy atom. The summed E-state index contributed by atoms with van der Waals surface area (Å²) in [6.45, 7) is 5.55. The van der Waals surface area contributed by atoms with E-state index in [0.717, 1.165) is 18.8 Å². The highest BCUT2D eigenvalue weighted by Gasteiger charge is 2.25. The second-order valence-corrected chi connectivity index (χ2v) is 6.61. The van der Waals surface area contributed by atoms with Crippen molar-refractivity contribution in [3.63, 3.8) is 0 Å². The lowest BCUT2D eigenvalue weighted by Gasteiger charge is -2.31. The van der Waals surface area contributed by atoms with E-state index in [-0.39, 0.29) is 0 Å². The Morgan fingerprint density at radius 3 is 2.86 bits per heavy atom. The van der Waals surface area contributed by atoms with Crippen molar-refractivity contribution in [2.24, 2.45) is 5.92 Å². The topological polar surface area (TPSA) is 46.3 Å². The molecule has 114 valence electrons. The number of nitrogens with zero attached hydrogens (tertiary/aromatic N) is 5. The van der Waals surface area contributed by atoms with Crippen LogP contribution >= 0.6 is 11.6 Å². The third kappa shape index (κ3) is 3.12. The normalized spacial score (nSPS) is 16.2. The van der Waals surface area contributed by atoms with Crippen LogP contribution < -0.4 is 4.90 Å². The molecule has 0 amide bonds. The van der Waals surface area contributed by atoms with E-state index in [9.17, 15) is 0 Å². The summed E-state index contributed by atoms with van der Waals surface area (Å²) in [7, 11) is 0. The standard InChI is InChI=1S/C15H22ClN5/c1-11(2)7-8-20(12-5-3-4-6-12)14-9-13(16)19-15-17-10-18-21(14)15/h9-12H,3-8H2,1-2H3. The molecule has 0 aliphatic heterocycles. The van der Waals surface area contributed by atoms with Crippen molar-refractivity contribution >= 4 is 23.2 Å². The lowest BCUT2D eigenvalue weighted by atomic mass is 10.1. The number of hydrogen-bond donors (Lipinski definition) is 0. The van der Waals surface area contributed by atoms with E-state index < -0.39 is 0 Å². The molecule has 2 aromatic rings. The summed E-state index contributed by atoms with van der Waals surface area (Å²) in [4.78, 5) is 10.9. The van der Waals surface area contributed by atoms with Crippen LogP contribution in [-0.4, -0.2) is 32.2 Å². The number of fused-ring (bicyclic) bond motifs is 1. The van der Waals surface area contributed by atoms with Gasteiger partial charge in [0.05, 0.1) is 0 Å². The monoisotopic (exact) mass is 307 g/mol. The van der Waals surface area contributed by atoms with E-state index in [2.05, 4.69) is 33.8 Å². The maximum absolute atomic E-state index is 6.18. The number of aromatic nitrogens is 4. The molecule has 0 saturated heterocycles. The van der Waals surface area contributed by atoms with Crippen molar-refractivity contribution in [3.05, 3.63) is 17.5 Å². The fraction of sp³-hybridized carbons (Fsp3) is 0.667. The molecule has 1 saturated carbocycles. The molecular formula is C15H22ClN5. The minimum atomic E-state index is 0.484. The first-order valence-electron chi connectivity index (χ1n) is 7.78. The molecular weight excluding hydrogens is 286 g/mol. The molecule has 3 rings (SSSR count). The first kappa shape index (κ1) is 14.6. The molecule has 0 aromatic carbocycles. The van der Waals surface area contributed by atoms with Crippen LogP contribution in [0.3, 0.4) is 0 Å². The van der Waals surface area contributed by atoms with Gasteiger partial charge in [0.25, 0.3) is 5.78 Å². The fourth-order valence-electron chi connectivity index (χ4n) is 3.07. The molecule has 1 fully saturated rings. The van der Waals surface area contributed by atoms with Crippen LogP contribution in [0.1, 0.15) is 46.0 Å². The average Bonchev–Trinajstić information content (AvgIpc) is 3.08. The van der Waals surface area contributed by atoms with E-state index in [1.807, 2.05) is 10.6 Å². The highest BCUT2D eigenvalue weighted by Crippen LogP contribution is 2.30. The van der Waals surface area contributed by atoms with Crippen molar-refractivity contribution in [3.8, 4) is 0 Å². The second kappa shape index (κ2) is 6.18. The lowest BCUT2D eigenvalue weighted by Crippen LogP contribution is -2.36. The summed E-state index contributed by atoms with van der Waals surface area (Å²) < 4.78 is 1.81. The summed E-state index contributed by atoms with van der Waals surface area (Å²) in [6, 6.07) is 2.50. The van der Waals surface area contributed by atoms with Crippen molar-refractivity contribution < 1.29 is 0 Å². The Balaban J connectivity index is 1.98. The van der Waals surface area contributed by atoms with Crippen LogP contribution in [0, 0.1) is 5.92 Å². The van der Waals surface area contributed by atoms with Crippen LogP contribution in [0.25, 0.3) is 5.78 Å². The van der Waals surface area contributed by atoms with E-state index in [1.54, 1.807) is 0 Å². The summed E-state index contributed by atoms with van der Waals surface area (Å²) in [6.07, 6.45) is 7.80. The van der Waals surface area contributed by atoms with Crippen LogP contribution in [0.4, 0.5) is 5.82 Å². The van der Waals surface area contributed by atoms with Gasteiger partial charge in [-0.3, -0.25) is 0 Å². The van der Waals surface area contributed by atoms with Gasteiger partial charge in [-0.15, -0.1) is 0 Å². The van der Waals surface area contributed by atoms with E-state index in [0.29, 0.717) is 22.9 Å². The molecule has 0 bridgehead atoms. The predicted molar refractivity (Wildman–Crippen MR) is 84.8 cm³/mol. The van der Waals surface area contributed by atoms with E-state index in [1.165, 1.54) is 32.0 Å². The van der Waals surface area contributed by atoms with Gasteiger partial charge in [0.15, 0.2) is 0 Å². The molecule has 0 atom stereocenters. The maximum Gasteiger partial charge on any atom is 0.255 e. The largest absolute Gasteiger partial charge is 0.353 e. The zero-order chi connectivity index (χ0) is 14.8. The van der Waals surface area contributed by atoms with Gasteiger partial charge in [0.2, 0.25) is 0 Å². The van der Waals surface area contributed by atoms with Crippen LogP contribution in [0.5, 0.6) is 0 Å². The maximum atomic E-state index is 6.18. The smallest absolute Gasteiger partial charge is 0.255 e. The van der Waals surface area contributed by atoms with Gasteiger partial charge >= 0.3 is 0 Å².